The molecule has 0 saturated carbocycles. The van der Waals surface area contributed by atoms with Crippen molar-refractivity contribution in [1.29, 1.82) is 0 Å². The highest BCUT2D eigenvalue weighted by atomic mass is 79.9. The Bertz CT molecular complexity index is 472. The number of benzene rings is 1. The first kappa shape index (κ1) is 14.5. The number of hydrogen-bond donors (Lipinski definition) is 3. The van der Waals surface area contributed by atoms with Crippen LogP contribution in [-0.4, -0.2) is 23.5 Å². The van der Waals surface area contributed by atoms with E-state index in [1.165, 1.54) is 0 Å². The Kier molecular flexibility index (Phi) is 4.72. The van der Waals surface area contributed by atoms with Crippen LogP contribution in [0.15, 0.2) is 33.9 Å². The van der Waals surface area contributed by atoms with Crippen molar-refractivity contribution in [2.75, 3.05) is 6.54 Å². The first-order valence-corrected chi connectivity index (χ1v) is 6.18. The highest BCUT2D eigenvalue weighted by molar-refractivity contribution is 9.10. The predicted molar refractivity (Wildman–Crippen MR) is 73.7 cm³/mol. The first-order chi connectivity index (χ1) is 8.36. The number of oxime groups is 1. The summed E-state index contributed by atoms with van der Waals surface area (Å²) in [7, 11) is 0. The summed E-state index contributed by atoms with van der Waals surface area (Å²) in [6.07, 6.45) is 0. The number of nitrogens with two attached hydrogens (primary N) is 1. The van der Waals surface area contributed by atoms with Crippen LogP contribution in [0.3, 0.4) is 0 Å². The Morgan fingerprint density at radius 1 is 1.56 bits per heavy atom. The van der Waals surface area contributed by atoms with E-state index in [1.807, 2.05) is 6.07 Å². The zero-order valence-electron chi connectivity index (χ0n) is 10.3. The molecule has 0 saturated heterocycles. The second kappa shape index (κ2) is 5.86. The number of halogens is 1. The van der Waals surface area contributed by atoms with Gasteiger partial charge in [-0.3, -0.25) is 4.79 Å². The summed E-state index contributed by atoms with van der Waals surface area (Å²) in [4.78, 5) is 11.9. The number of hydrogen-bond acceptors (Lipinski definition) is 3. The molecule has 18 heavy (non-hydrogen) atoms. The molecule has 4 N–H and O–H groups in total. The van der Waals surface area contributed by atoms with Gasteiger partial charge in [-0.15, -0.1) is 0 Å². The van der Waals surface area contributed by atoms with Gasteiger partial charge >= 0.3 is 0 Å². The van der Waals surface area contributed by atoms with Gasteiger partial charge in [0.15, 0.2) is 0 Å². The molecule has 98 valence electrons. The van der Waals surface area contributed by atoms with Gasteiger partial charge in [-0.2, -0.15) is 0 Å². The maximum Gasteiger partial charge on any atom is 0.251 e. The minimum Gasteiger partial charge on any atom is -0.409 e. The normalized spacial score (nSPS) is 12.3. The van der Waals surface area contributed by atoms with Crippen molar-refractivity contribution in [3.8, 4) is 0 Å². The van der Waals surface area contributed by atoms with Gasteiger partial charge < -0.3 is 16.3 Å². The summed E-state index contributed by atoms with van der Waals surface area (Å²) in [5.41, 5.74) is 5.50. The SMILES string of the molecule is CC(C)(CNC(=O)c1cccc(Br)c1)/C(N)=N/O. The van der Waals surface area contributed by atoms with Crippen LogP contribution in [0.1, 0.15) is 24.2 Å². The smallest absolute Gasteiger partial charge is 0.251 e. The maximum atomic E-state index is 11.9. The van der Waals surface area contributed by atoms with E-state index in [4.69, 9.17) is 10.9 Å². The minimum atomic E-state index is -0.601. The lowest BCUT2D eigenvalue weighted by Crippen LogP contribution is -2.42. The Morgan fingerprint density at radius 2 is 2.22 bits per heavy atom. The van der Waals surface area contributed by atoms with Crippen molar-refractivity contribution in [2.45, 2.75) is 13.8 Å². The molecule has 0 aliphatic rings. The van der Waals surface area contributed by atoms with Crippen molar-refractivity contribution in [1.82, 2.24) is 5.32 Å². The second-order valence-electron chi connectivity index (χ2n) is 4.56. The van der Waals surface area contributed by atoms with Crippen molar-refractivity contribution in [3.63, 3.8) is 0 Å². The van der Waals surface area contributed by atoms with Gasteiger partial charge in [-0.05, 0) is 18.2 Å². The molecular formula is C12H16BrN3O2. The Labute approximate surface area is 114 Å². The molecule has 0 aromatic heterocycles. The number of nitrogens with one attached hydrogen (secondary N) is 1. The number of carbonyl (C=O) groups excluding carboxylic acids is 1. The van der Waals surface area contributed by atoms with E-state index in [-0.39, 0.29) is 18.3 Å². The third-order valence-electron chi connectivity index (χ3n) is 2.58. The zero-order chi connectivity index (χ0) is 13.8. The highest BCUT2D eigenvalue weighted by Crippen LogP contribution is 2.15. The summed E-state index contributed by atoms with van der Waals surface area (Å²) < 4.78 is 0.839. The lowest BCUT2D eigenvalue weighted by molar-refractivity contribution is 0.0944. The summed E-state index contributed by atoms with van der Waals surface area (Å²) in [5.74, 6) is -0.118. The van der Waals surface area contributed by atoms with Crippen molar-refractivity contribution in [2.24, 2.45) is 16.3 Å². The summed E-state index contributed by atoms with van der Waals surface area (Å²) in [5, 5.41) is 14.3. The number of amidine groups is 1. The van der Waals surface area contributed by atoms with Crippen LogP contribution in [0.2, 0.25) is 0 Å². The Morgan fingerprint density at radius 3 is 2.78 bits per heavy atom. The monoisotopic (exact) mass is 313 g/mol. The van der Waals surface area contributed by atoms with E-state index < -0.39 is 5.41 Å². The third kappa shape index (κ3) is 3.73. The van der Waals surface area contributed by atoms with Crippen molar-refractivity contribution < 1.29 is 10.0 Å². The fraction of sp³-hybridized carbons (Fsp3) is 0.333. The predicted octanol–water partition coefficient (Wildman–Crippen LogP) is 1.95. The van der Waals surface area contributed by atoms with E-state index in [2.05, 4.69) is 26.4 Å². The van der Waals surface area contributed by atoms with Crippen LogP contribution >= 0.6 is 15.9 Å². The average molecular weight is 314 g/mol. The Balaban J connectivity index is 2.67. The molecule has 0 atom stereocenters. The number of carbonyl (C=O) groups is 1. The van der Waals surface area contributed by atoms with Crippen LogP contribution < -0.4 is 11.1 Å². The lowest BCUT2D eigenvalue weighted by atomic mass is 9.92. The topological polar surface area (TPSA) is 87.7 Å². The van der Waals surface area contributed by atoms with Gasteiger partial charge in [-0.25, -0.2) is 0 Å². The summed E-state index contributed by atoms with van der Waals surface area (Å²) in [6, 6.07) is 7.08. The van der Waals surface area contributed by atoms with Crippen molar-refractivity contribution in [3.05, 3.63) is 34.3 Å². The van der Waals surface area contributed by atoms with E-state index in [9.17, 15) is 4.79 Å². The first-order valence-electron chi connectivity index (χ1n) is 5.38. The van der Waals surface area contributed by atoms with Gasteiger partial charge in [-0.1, -0.05) is 41.0 Å². The molecule has 0 heterocycles. The fourth-order valence-corrected chi connectivity index (χ4v) is 1.66. The standard InChI is InChI=1S/C12H16BrN3O2/c1-12(2,11(14)16-18)7-15-10(17)8-4-3-5-9(13)6-8/h3-6,18H,7H2,1-2H3,(H2,14,16)(H,15,17). The van der Waals surface area contributed by atoms with E-state index in [0.29, 0.717) is 5.56 Å². The van der Waals surface area contributed by atoms with Gasteiger partial charge in [0.1, 0.15) is 5.84 Å². The summed E-state index contributed by atoms with van der Waals surface area (Å²) >= 11 is 3.30. The number of rotatable bonds is 4. The number of nitrogens with zero attached hydrogens (tertiary/aromatic N) is 1. The van der Waals surface area contributed by atoms with E-state index in [1.54, 1.807) is 32.0 Å². The van der Waals surface area contributed by atoms with Crippen molar-refractivity contribution >= 4 is 27.7 Å². The molecule has 5 nitrogen and oxygen atoms in total. The quantitative estimate of drug-likeness (QED) is 0.343. The molecule has 0 unspecified atom stereocenters. The molecule has 1 amide bonds. The molecule has 1 aromatic rings. The second-order valence-corrected chi connectivity index (χ2v) is 5.48. The van der Waals surface area contributed by atoms with Gasteiger partial charge in [0.25, 0.3) is 5.91 Å². The van der Waals surface area contributed by atoms with Gasteiger partial charge in [0.2, 0.25) is 0 Å². The molecule has 0 radical (unpaired) electrons. The van der Waals surface area contributed by atoms with Crippen LogP contribution in [0.4, 0.5) is 0 Å². The molecule has 1 aromatic carbocycles. The molecule has 6 heteroatoms. The third-order valence-corrected chi connectivity index (χ3v) is 3.07. The summed E-state index contributed by atoms with van der Waals surface area (Å²) in [6.45, 7) is 3.85. The lowest BCUT2D eigenvalue weighted by Gasteiger charge is -2.23. The molecular weight excluding hydrogens is 298 g/mol. The average Bonchev–Trinajstić information content (AvgIpc) is 2.35. The van der Waals surface area contributed by atoms with Crippen LogP contribution in [0, 0.1) is 5.41 Å². The molecule has 0 fully saturated rings. The maximum absolute atomic E-state index is 11.9. The van der Waals surface area contributed by atoms with Gasteiger partial charge in [0.05, 0.1) is 0 Å². The van der Waals surface area contributed by atoms with E-state index in [0.717, 1.165) is 4.47 Å². The molecule has 0 aliphatic carbocycles. The molecule has 0 aliphatic heterocycles. The molecule has 0 spiro atoms. The number of amides is 1. The Hall–Kier alpha value is -1.56. The van der Waals surface area contributed by atoms with Crippen LogP contribution in [-0.2, 0) is 0 Å². The fourth-order valence-electron chi connectivity index (χ4n) is 1.26. The van der Waals surface area contributed by atoms with Crippen LogP contribution in [0.5, 0.6) is 0 Å². The van der Waals surface area contributed by atoms with E-state index >= 15 is 0 Å². The van der Waals surface area contributed by atoms with Crippen LogP contribution in [0.25, 0.3) is 0 Å². The molecule has 1 rings (SSSR count). The zero-order valence-corrected chi connectivity index (χ0v) is 11.9. The highest BCUT2D eigenvalue weighted by Gasteiger charge is 2.24. The largest absolute Gasteiger partial charge is 0.409 e. The van der Waals surface area contributed by atoms with Gasteiger partial charge in [0, 0.05) is 22.0 Å². The minimum absolute atomic E-state index is 0.0806. The molecule has 0 bridgehead atoms.